The minimum absolute atomic E-state index is 0.0634. The fraction of sp³-hybridized carbons (Fsp3) is 0.0833. The Morgan fingerprint density at radius 1 is 0.968 bits per heavy atom. The zero-order valence-electron chi connectivity index (χ0n) is 16.6. The number of amides is 1. The maximum Gasteiger partial charge on any atom is 0.300 e. The number of rotatable bonds is 4. The van der Waals surface area contributed by atoms with Crippen LogP contribution >= 0.6 is 0 Å². The van der Waals surface area contributed by atoms with E-state index in [-0.39, 0.29) is 17.0 Å². The molecule has 1 saturated heterocycles. The highest BCUT2D eigenvalue weighted by molar-refractivity contribution is 6.51. The zero-order chi connectivity index (χ0) is 22.1. The molecule has 0 spiro atoms. The Morgan fingerprint density at radius 3 is 2.26 bits per heavy atom. The molecule has 1 unspecified atom stereocenters. The fourth-order valence-electron chi connectivity index (χ4n) is 3.72. The molecule has 0 bridgehead atoms. The molecule has 0 aliphatic carbocycles. The summed E-state index contributed by atoms with van der Waals surface area (Å²) in [7, 11) is 0. The second-order valence-corrected chi connectivity index (χ2v) is 7.22. The predicted octanol–water partition coefficient (Wildman–Crippen LogP) is 4.53. The van der Waals surface area contributed by atoms with Gasteiger partial charge in [0.2, 0.25) is 0 Å². The monoisotopic (exact) mass is 414 g/mol. The fourth-order valence-corrected chi connectivity index (χ4v) is 3.72. The van der Waals surface area contributed by atoms with Crippen LogP contribution in [0.3, 0.4) is 0 Å². The van der Waals surface area contributed by atoms with E-state index in [2.05, 4.69) is 0 Å². The molecule has 1 aliphatic heterocycles. The topological polar surface area (TPSA) is 101 Å². The number of non-ortho nitro benzene ring substituents is 1. The van der Waals surface area contributed by atoms with Crippen LogP contribution in [0.25, 0.3) is 5.76 Å². The molecule has 0 saturated carbocycles. The Kier molecular flexibility index (Phi) is 5.09. The molecule has 1 heterocycles. The first-order valence-corrected chi connectivity index (χ1v) is 9.56. The Labute approximate surface area is 178 Å². The standard InChI is InChI=1S/C24H18N2O5/c1-15-6-5-9-19(14-15)25-21(16-10-12-18(13-11-16)26(30)31)20(23(28)24(25)29)22(27)17-7-3-2-4-8-17/h2-14,21,27H,1H3. The molecule has 0 radical (unpaired) electrons. The first-order chi connectivity index (χ1) is 14.9. The van der Waals surface area contributed by atoms with E-state index in [0.29, 0.717) is 16.8 Å². The van der Waals surface area contributed by atoms with Crippen LogP contribution in [0.1, 0.15) is 22.7 Å². The van der Waals surface area contributed by atoms with Crippen molar-refractivity contribution in [3.63, 3.8) is 0 Å². The largest absolute Gasteiger partial charge is 0.507 e. The predicted molar refractivity (Wildman–Crippen MR) is 116 cm³/mol. The first-order valence-electron chi connectivity index (χ1n) is 9.56. The molecule has 0 aromatic heterocycles. The molecular formula is C24H18N2O5. The van der Waals surface area contributed by atoms with Crippen molar-refractivity contribution in [2.45, 2.75) is 13.0 Å². The molecule has 4 rings (SSSR count). The quantitative estimate of drug-likeness (QED) is 0.222. The highest BCUT2D eigenvalue weighted by Gasteiger charge is 2.47. The molecule has 1 fully saturated rings. The number of benzene rings is 3. The molecule has 31 heavy (non-hydrogen) atoms. The normalized spacial score (nSPS) is 17.7. The lowest BCUT2D eigenvalue weighted by atomic mass is 9.95. The Morgan fingerprint density at radius 2 is 1.65 bits per heavy atom. The van der Waals surface area contributed by atoms with E-state index in [1.54, 1.807) is 48.5 Å². The van der Waals surface area contributed by atoms with E-state index in [0.717, 1.165) is 5.56 Å². The van der Waals surface area contributed by atoms with Gasteiger partial charge in [-0.3, -0.25) is 24.6 Å². The van der Waals surface area contributed by atoms with Crippen molar-refractivity contribution in [2.24, 2.45) is 0 Å². The van der Waals surface area contributed by atoms with Gasteiger partial charge >= 0.3 is 0 Å². The number of aliphatic hydroxyl groups is 1. The summed E-state index contributed by atoms with van der Waals surface area (Å²) in [6.45, 7) is 1.87. The molecule has 1 aliphatic rings. The van der Waals surface area contributed by atoms with Gasteiger partial charge in [-0.15, -0.1) is 0 Å². The summed E-state index contributed by atoms with van der Waals surface area (Å²) in [5.74, 6) is -1.88. The summed E-state index contributed by atoms with van der Waals surface area (Å²) in [5.41, 5.74) is 2.09. The van der Waals surface area contributed by atoms with E-state index in [1.165, 1.54) is 29.2 Å². The van der Waals surface area contributed by atoms with Gasteiger partial charge in [0.1, 0.15) is 5.76 Å². The third-order valence-electron chi connectivity index (χ3n) is 5.19. The molecule has 7 nitrogen and oxygen atoms in total. The second kappa shape index (κ2) is 7.87. The number of anilines is 1. The van der Waals surface area contributed by atoms with Gasteiger partial charge in [0.05, 0.1) is 16.5 Å². The van der Waals surface area contributed by atoms with E-state index in [9.17, 15) is 24.8 Å². The van der Waals surface area contributed by atoms with Crippen LogP contribution in [-0.2, 0) is 9.59 Å². The molecule has 1 atom stereocenters. The van der Waals surface area contributed by atoms with Crippen molar-refractivity contribution in [3.05, 3.63) is 111 Å². The summed E-state index contributed by atoms with van der Waals surface area (Å²) in [4.78, 5) is 37.9. The van der Waals surface area contributed by atoms with Crippen molar-refractivity contribution in [2.75, 3.05) is 4.90 Å². The van der Waals surface area contributed by atoms with Crippen LogP contribution in [0, 0.1) is 17.0 Å². The number of aryl methyl sites for hydroxylation is 1. The SMILES string of the molecule is Cc1cccc(N2C(=O)C(=O)C(=C(O)c3ccccc3)C2c2ccc([N+](=O)[O-])cc2)c1. The third-order valence-corrected chi connectivity index (χ3v) is 5.19. The summed E-state index contributed by atoms with van der Waals surface area (Å²) in [6, 6.07) is 20.3. The maximum atomic E-state index is 13.0. The highest BCUT2D eigenvalue weighted by atomic mass is 16.6. The second-order valence-electron chi connectivity index (χ2n) is 7.22. The van der Waals surface area contributed by atoms with Crippen LogP contribution in [0.2, 0.25) is 0 Å². The van der Waals surface area contributed by atoms with Gasteiger partial charge in [-0.1, -0.05) is 42.5 Å². The van der Waals surface area contributed by atoms with Gasteiger partial charge in [-0.25, -0.2) is 0 Å². The summed E-state index contributed by atoms with van der Waals surface area (Å²) < 4.78 is 0. The van der Waals surface area contributed by atoms with Gasteiger partial charge in [-0.2, -0.15) is 0 Å². The van der Waals surface area contributed by atoms with Gasteiger partial charge in [0.25, 0.3) is 17.4 Å². The number of hydrogen-bond acceptors (Lipinski definition) is 5. The lowest BCUT2D eigenvalue weighted by Crippen LogP contribution is -2.29. The molecule has 3 aromatic rings. The molecular weight excluding hydrogens is 396 g/mol. The van der Waals surface area contributed by atoms with Crippen LogP contribution in [0.15, 0.2) is 84.4 Å². The summed E-state index contributed by atoms with van der Waals surface area (Å²) >= 11 is 0. The van der Waals surface area contributed by atoms with Crippen LogP contribution < -0.4 is 4.90 Å². The van der Waals surface area contributed by atoms with Crippen molar-refractivity contribution in [1.29, 1.82) is 0 Å². The number of nitrogens with zero attached hydrogens (tertiary/aromatic N) is 2. The van der Waals surface area contributed by atoms with E-state index in [4.69, 9.17) is 0 Å². The molecule has 1 amide bonds. The van der Waals surface area contributed by atoms with Gasteiger partial charge in [0, 0.05) is 23.4 Å². The number of nitro groups is 1. The number of ketones is 1. The number of hydrogen-bond donors (Lipinski definition) is 1. The van der Waals surface area contributed by atoms with Gasteiger partial charge in [-0.05, 0) is 42.3 Å². The number of Topliss-reactive ketones (excluding diaryl/α,β-unsaturated/α-hetero) is 1. The van der Waals surface area contributed by atoms with Crippen molar-refractivity contribution >= 4 is 28.8 Å². The summed E-state index contributed by atoms with van der Waals surface area (Å²) in [5, 5.41) is 22.0. The highest BCUT2D eigenvalue weighted by Crippen LogP contribution is 2.42. The van der Waals surface area contributed by atoms with Gasteiger partial charge in [0.15, 0.2) is 0 Å². The molecule has 1 N–H and O–H groups in total. The Hall–Kier alpha value is -4.26. The van der Waals surface area contributed by atoms with Crippen molar-refractivity contribution in [3.8, 4) is 0 Å². The average Bonchev–Trinajstić information content (AvgIpc) is 3.04. The Bertz CT molecular complexity index is 1220. The minimum atomic E-state index is -0.928. The zero-order valence-corrected chi connectivity index (χ0v) is 16.6. The van der Waals surface area contributed by atoms with Crippen LogP contribution in [0.4, 0.5) is 11.4 Å². The van der Waals surface area contributed by atoms with Crippen molar-refractivity contribution in [1.82, 2.24) is 0 Å². The average molecular weight is 414 g/mol. The third kappa shape index (κ3) is 3.57. The van der Waals surface area contributed by atoms with Crippen molar-refractivity contribution < 1.29 is 19.6 Å². The van der Waals surface area contributed by atoms with E-state index in [1.807, 2.05) is 13.0 Å². The Balaban J connectivity index is 1.94. The van der Waals surface area contributed by atoms with E-state index >= 15 is 0 Å². The van der Waals surface area contributed by atoms with Crippen LogP contribution in [-0.4, -0.2) is 21.7 Å². The number of nitro benzene ring substituents is 1. The smallest absolute Gasteiger partial charge is 0.300 e. The molecule has 7 heteroatoms. The molecule has 3 aromatic carbocycles. The van der Waals surface area contributed by atoms with Gasteiger partial charge < -0.3 is 5.11 Å². The number of carbonyl (C=O) groups is 2. The lowest BCUT2D eigenvalue weighted by molar-refractivity contribution is -0.384. The number of carbonyl (C=O) groups excluding carboxylic acids is 2. The lowest BCUT2D eigenvalue weighted by Gasteiger charge is -2.25. The van der Waals surface area contributed by atoms with Crippen LogP contribution in [0.5, 0.6) is 0 Å². The minimum Gasteiger partial charge on any atom is -0.507 e. The van der Waals surface area contributed by atoms with E-state index < -0.39 is 22.7 Å². The number of aliphatic hydroxyl groups excluding tert-OH is 1. The first kappa shape index (κ1) is 20.0. The molecule has 154 valence electrons. The summed E-state index contributed by atoms with van der Waals surface area (Å²) in [6.07, 6.45) is 0. The maximum absolute atomic E-state index is 13.0.